The van der Waals surface area contributed by atoms with Crippen LogP contribution in [0, 0.1) is 0 Å². The molecule has 0 aromatic heterocycles. The van der Waals surface area contributed by atoms with Crippen LogP contribution in [0.15, 0.2) is 59.8 Å². The second-order valence-corrected chi connectivity index (χ2v) is 4.18. The van der Waals surface area contributed by atoms with Gasteiger partial charge in [0.15, 0.2) is 5.84 Å². The van der Waals surface area contributed by atoms with Gasteiger partial charge in [0.25, 0.3) is 0 Å². The molecule has 0 aliphatic rings. The molecule has 3 aromatic carbocycles. The largest absolute Gasteiger partial charge is 0.409 e. The summed E-state index contributed by atoms with van der Waals surface area (Å²) in [6, 6.07) is 18.0. The van der Waals surface area contributed by atoms with Crippen molar-refractivity contribution in [3.05, 3.63) is 60.2 Å². The quantitative estimate of drug-likeness (QED) is 0.224. The van der Waals surface area contributed by atoms with Crippen molar-refractivity contribution in [3.8, 4) is 0 Å². The zero-order valence-electron chi connectivity index (χ0n) is 9.67. The van der Waals surface area contributed by atoms with Crippen LogP contribution in [0.5, 0.6) is 0 Å². The van der Waals surface area contributed by atoms with Crippen molar-refractivity contribution in [2.24, 2.45) is 10.9 Å². The van der Waals surface area contributed by atoms with Gasteiger partial charge in [-0.05, 0) is 27.6 Å². The molecule has 0 aliphatic carbocycles. The Morgan fingerprint density at radius 2 is 1.39 bits per heavy atom. The first-order valence-electron chi connectivity index (χ1n) is 5.69. The first-order valence-corrected chi connectivity index (χ1v) is 5.69. The number of hydrogen-bond donors (Lipinski definition) is 2. The normalized spacial score (nSPS) is 12.1. The monoisotopic (exact) mass is 236 g/mol. The van der Waals surface area contributed by atoms with E-state index in [1.54, 1.807) is 0 Å². The number of nitrogens with two attached hydrogens (primary N) is 1. The van der Waals surface area contributed by atoms with E-state index in [2.05, 4.69) is 11.2 Å². The average molecular weight is 236 g/mol. The molecule has 0 unspecified atom stereocenters. The van der Waals surface area contributed by atoms with Crippen molar-refractivity contribution in [2.75, 3.05) is 0 Å². The van der Waals surface area contributed by atoms with Crippen LogP contribution in [0.2, 0.25) is 0 Å². The van der Waals surface area contributed by atoms with Gasteiger partial charge in [-0.25, -0.2) is 0 Å². The van der Waals surface area contributed by atoms with Crippen LogP contribution in [-0.2, 0) is 0 Å². The summed E-state index contributed by atoms with van der Waals surface area (Å²) < 4.78 is 0. The lowest BCUT2D eigenvalue weighted by atomic mass is 9.96. The van der Waals surface area contributed by atoms with Gasteiger partial charge in [0, 0.05) is 5.56 Å². The fourth-order valence-electron chi connectivity index (χ4n) is 2.34. The second-order valence-electron chi connectivity index (χ2n) is 4.18. The predicted molar refractivity (Wildman–Crippen MR) is 74.0 cm³/mol. The Labute approximate surface area is 104 Å². The fourth-order valence-corrected chi connectivity index (χ4v) is 2.34. The molecule has 3 nitrogen and oxygen atoms in total. The van der Waals surface area contributed by atoms with Gasteiger partial charge in [0.05, 0.1) is 0 Å². The SMILES string of the molecule is NC(=NO)c1c2ccccc2cc2ccccc12. The number of hydrogen-bond acceptors (Lipinski definition) is 2. The van der Waals surface area contributed by atoms with E-state index in [0.29, 0.717) is 0 Å². The Kier molecular flexibility index (Phi) is 2.38. The molecule has 3 rings (SSSR count). The molecule has 0 aliphatic heterocycles. The summed E-state index contributed by atoms with van der Waals surface area (Å²) in [4.78, 5) is 0. The third-order valence-electron chi connectivity index (χ3n) is 3.14. The van der Waals surface area contributed by atoms with Crippen molar-refractivity contribution in [3.63, 3.8) is 0 Å². The maximum atomic E-state index is 8.97. The van der Waals surface area contributed by atoms with Crippen LogP contribution in [0.1, 0.15) is 5.56 Å². The average Bonchev–Trinajstić information content (AvgIpc) is 2.44. The summed E-state index contributed by atoms with van der Waals surface area (Å²) >= 11 is 0. The Morgan fingerprint density at radius 3 is 1.89 bits per heavy atom. The van der Waals surface area contributed by atoms with Gasteiger partial charge in [-0.1, -0.05) is 53.7 Å². The molecule has 3 N–H and O–H groups in total. The predicted octanol–water partition coefficient (Wildman–Crippen LogP) is 3.09. The minimum Gasteiger partial charge on any atom is -0.409 e. The van der Waals surface area contributed by atoms with Gasteiger partial charge in [-0.2, -0.15) is 0 Å². The molecular weight excluding hydrogens is 224 g/mol. The lowest BCUT2D eigenvalue weighted by Crippen LogP contribution is -2.14. The summed E-state index contributed by atoms with van der Waals surface area (Å²) in [6.07, 6.45) is 0. The van der Waals surface area contributed by atoms with E-state index in [4.69, 9.17) is 10.9 Å². The number of oxime groups is 1. The van der Waals surface area contributed by atoms with E-state index >= 15 is 0 Å². The fraction of sp³-hybridized carbons (Fsp3) is 0. The molecule has 88 valence electrons. The molecule has 3 heteroatoms. The van der Waals surface area contributed by atoms with Gasteiger partial charge in [-0.3, -0.25) is 0 Å². The Hall–Kier alpha value is -2.55. The molecule has 3 aromatic rings. The number of nitrogens with zero attached hydrogens (tertiary/aromatic N) is 1. The Morgan fingerprint density at radius 1 is 0.889 bits per heavy atom. The van der Waals surface area contributed by atoms with Crippen molar-refractivity contribution in [2.45, 2.75) is 0 Å². The molecule has 0 saturated carbocycles. The highest BCUT2D eigenvalue weighted by Gasteiger charge is 2.10. The molecule has 0 atom stereocenters. The molecule has 0 fully saturated rings. The van der Waals surface area contributed by atoms with Crippen molar-refractivity contribution < 1.29 is 5.21 Å². The number of rotatable bonds is 1. The van der Waals surface area contributed by atoms with Crippen molar-refractivity contribution in [1.82, 2.24) is 0 Å². The summed E-state index contributed by atoms with van der Waals surface area (Å²) in [6.45, 7) is 0. The molecule has 0 bridgehead atoms. The van der Waals surface area contributed by atoms with Gasteiger partial charge >= 0.3 is 0 Å². The number of benzene rings is 3. The first-order chi connectivity index (χ1) is 8.81. The van der Waals surface area contributed by atoms with Crippen molar-refractivity contribution in [1.29, 1.82) is 0 Å². The van der Waals surface area contributed by atoms with E-state index in [-0.39, 0.29) is 5.84 Å². The van der Waals surface area contributed by atoms with E-state index in [1.165, 1.54) is 0 Å². The van der Waals surface area contributed by atoms with Gasteiger partial charge in [0.2, 0.25) is 0 Å². The lowest BCUT2D eigenvalue weighted by Gasteiger charge is -2.09. The number of fused-ring (bicyclic) bond motifs is 2. The summed E-state index contributed by atoms with van der Waals surface area (Å²) in [5.74, 6) is 0.142. The Bertz CT molecular complexity index is 709. The topological polar surface area (TPSA) is 58.6 Å². The van der Waals surface area contributed by atoms with Crippen molar-refractivity contribution >= 4 is 27.4 Å². The second kappa shape index (κ2) is 4.04. The summed E-state index contributed by atoms with van der Waals surface area (Å²) in [5.41, 5.74) is 6.61. The van der Waals surface area contributed by atoms with Crippen LogP contribution in [-0.4, -0.2) is 11.0 Å². The third kappa shape index (κ3) is 1.49. The zero-order chi connectivity index (χ0) is 12.5. The maximum Gasteiger partial charge on any atom is 0.171 e. The van der Waals surface area contributed by atoms with Crippen LogP contribution >= 0.6 is 0 Å². The minimum atomic E-state index is 0.142. The molecule has 18 heavy (non-hydrogen) atoms. The zero-order valence-corrected chi connectivity index (χ0v) is 9.67. The molecular formula is C15H12N2O. The molecule has 0 amide bonds. The molecule has 0 radical (unpaired) electrons. The molecule has 0 spiro atoms. The first kappa shape index (κ1) is 10.6. The minimum absolute atomic E-state index is 0.142. The van der Waals surface area contributed by atoms with E-state index in [9.17, 15) is 0 Å². The summed E-state index contributed by atoms with van der Waals surface area (Å²) in [7, 11) is 0. The maximum absolute atomic E-state index is 8.97. The summed E-state index contributed by atoms with van der Waals surface area (Å²) in [5, 5.41) is 16.3. The lowest BCUT2D eigenvalue weighted by molar-refractivity contribution is 0.319. The smallest absolute Gasteiger partial charge is 0.171 e. The van der Waals surface area contributed by atoms with E-state index in [1.807, 2.05) is 48.5 Å². The van der Waals surface area contributed by atoms with Crippen LogP contribution < -0.4 is 5.73 Å². The Balaban J connectivity index is 2.58. The molecule has 0 saturated heterocycles. The van der Waals surface area contributed by atoms with Gasteiger partial charge < -0.3 is 10.9 Å². The van der Waals surface area contributed by atoms with Gasteiger partial charge in [-0.15, -0.1) is 0 Å². The van der Waals surface area contributed by atoms with E-state index in [0.717, 1.165) is 27.1 Å². The van der Waals surface area contributed by atoms with Crippen LogP contribution in [0.3, 0.4) is 0 Å². The molecule has 0 heterocycles. The highest BCUT2D eigenvalue weighted by molar-refractivity contribution is 6.19. The van der Waals surface area contributed by atoms with E-state index < -0.39 is 0 Å². The highest BCUT2D eigenvalue weighted by atomic mass is 16.4. The van der Waals surface area contributed by atoms with Gasteiger partial charge in [0.1, 0.15) is 0 Å². The standard InChI is InChI=1S/C15H12N2O/c16-15(17-18)14-12-7-3-1-5-10(12)9-11-6-2-4-8-13(11)14/h1-9,18H,(H2,16,17). The third-order valence-corrected chi connectivity index (χ3v) is 3.14. The number of amidine groups is 1. The van der Waals surface area contributed by atoms with Crippen LogP contribution in [0.25, 0.3) is 21.5 Å². The van der Waals surface area contributed by atoms with Crippen LogP contribution in [0.4, 0.5) is 0 Å². The highest BCUT2D eigenvalue weighted by Crippen LogP contribution is 2.28.